The van der Waals surface area contributed by atoms with Crippen molar-refractivity contribution < 1.29 is 9.84 Å². The van der Waals surface area contributed by atoms with Crippen molar-refractivity contribution in [2.45, 2.75) is 0 Å². The van der Waals surface area contributed by atoms with E-state index in [-0.39, 0.29) is 5.75 Å². The monoisotopic (exact) mass is 318 g/mol. The number of phenols is 1. The predicted octanol–water partition coefficient (Wildman–Crippen LogP) is 3.71. The largest absolute Gasteiger partial charge is 0.507 e. The lowest BCUT2D eigenvalue weighted by Gasteiger charge is -2.04. The number of ether oxygens (including phenoxy) is 1. The van der Waals surface area contributed by atoms with Crippen molar-refractivity contribution in [3.8, 4) is 22.9 Å². The molecule has 0 radical (unpaired) electrons. The van der Waals surface area contributed by atoms with Crippen molar-refractivity contribution in [1.82, 2.24) is 9.97 Å². The maximum atomic E-state index is 10.0. The zero-order chi connectivity index (χ0) is 13.4. The van der Waals surface area contributed by atoms with E-state index in [0.29, 0.717) is 17.1 Å². The van der Waals surface area contributed by atoms with Gasteiger partial charge in [-0.15, -0.1) is 0 Å². The van der Waals surface area contributed by atoms with E-state index in [4.69, 9.17) is 4.74 Å². The Morgan fingerprint density at radius 3 is 2.79 bits per heavy atom. The summed E-state index contributed by atoms with van der Waals surface area (Å²) in [7, 11) is 1.56. The van der Waals surface area contributed by atoms with Crippen molar-refractivity contribution in [2.24, 2.45) is 0 Å². The second-order valence-corrected chi connectivity index (χ2v) is 5.05. The van der Waals surface area contributed by atoms with Crippen LogP contribution in [0.15, 0.2) is 40.9 Å². The number of benzene rings is 2. The van der Waals surface area contributed by atoms with Gasteiger partial charge in [0.15, 0.2) is 0 Å². The average molecular weight is 319 g/mol. The summed E-state index contributed by atoms with van der Waals surface area (Å²) in [6.07, 6.45) is 0. The summed E-state index contributed by atoms with van der Waals surface area (Å²) in [4.78, 5) is 7.65. The van der Waals surface area contributed by atoms with E-state index in [0.717, 1.165) is 15.5 Å². The fourth-order valence-corrected chi connectivity index (χ4v) is 2.31. The van der Waals surface area contributed by atoms with Crippen LogP contribution < -0.4 is 4.74 Å². The number of aromatic hydroxyl groups is 1. The lowest BCUT2D eigenvalue weighted by molar-refractivity contribution is 0.408. The number of aromatic nitrogens is 2. The summed E-state index contributed by atoms with van der Waals surface area (Å²) in [6.45, 7) is 0. The van der Waals surface area contributed by atoms with Crippen LogP contribution >= 0.6 is 15.9 Å². The molecule has 0 spiro atoms. The Morgan fingerprint density at radius 2 is 2.05 bits per heavy atom. The second-order valence-electron chi connectivity index (χ2n) is 4.13. The number of hydrogen-bond donors (Lipinski definition) is 2. The fraction of sp³-hybridized carbons (Fsp3) is 0.0714. The molecule has 0 aliphatic carbocycles. The molecule has 1 aromatic heterocycles. The van der Waals surface area contributed by atoms with E-state index in [9.17, 15) is 5.11 Å². The maximum Gasteiger partial charge on any atom is 0.142 e. The maximum absolute atomic E-state index is 10.0. The van der Waals surface area contributed by atoms with Gasteiger partial charge in [-0.2, -0.15) is 0 Å². The summed E-state index contributed by atoms with van der Waals surface area (Å²) in [5, 5.41) is 10.0. The number of methoxy groups -OCH3 is 1. The molecule has 0 amide bonds. The predicted molar refractivity (Wildman–Crippen MR) is 77.4 cm³/mol. The fourth-order valence-electron chi connectivity index (χ4n) is 1.95. The highest BCUT2D eigenvalue weighted by Gasteiger charge is 2.10. The quantitative estimate of drug-likeness (QED) is 0.757. The summed E-state index contributed by atoms with van der Waals surface area (Å²) in [5.74, 6) is 1.38. The van der Waals surface area contributed by atoms with Gasteiger partial charge in [0.25, 0.3) is 0 Å². The molecule has 2 N–H and O–H groups in total. The van der Waals surface area contributed by atoms with Gasteiger partial charge in [0.2, 0.25) is 0 Å². The Hall–Kier alpha value is -2.01. The third kappa shape index (κ3) is 2.17. The molecule has 0 saturated carbocycles. The molecule has 0 atom stereocenters. The van der Waals surface area contributed by atoms with Crippen LogP contribution in [-0.4, -0.2) is 22.2 Å². The summed E-state index contributed by atoms with van der Waals surface area (Å²) >= 11 is 3.42. The standard InChI is InChI=1S/C14H11BrN2O2/c1-19-9-3-4-10(13(18)7-9)14-16-11-5-2-8(15)6-12(11)17-14/h2-7,18H,1H3,(H,16,17). The van der Waals surface area contributed by atoms with E-state index in [1.54, 1.807) is 25.3 Å². The molecular weight excluding hydrogens is 308 g/mol. The SMILES string of the molecule is COc1ccc(-c2nc3ccc(Br)cc3[nH]2)c(O)c1. The molecule has 0 bridgehead atoms. The zero-order valence-electron chi connectivity index (χ0n) is 10.1. The molecule has 0 fully saturated rings. The number of aromatic amines is 1. The molecule has 3 rings (SSSR count). The number of imidazole rings is 1. The Kier molecular flexibility index (Phi) is 2.91. The summed E-state index contributed by atoms with van der Waals surface area (Å²) < 4.78 is 6.04. The lowest BCUT2D eigenvalue weighted by Crippen LogP contribution is -1.85. The highest BCUT2D eigenvalue weighted by molar-refractivity contribution is 9.10. The van der Waals surface area contributed by atoms with E-state index in [2.05, 4.69) is 25.9 Å². The van der Waals surface area contributed by atoms with Crippen LogP contribution in [0, 0.1) is 0 Å². The molecule has 19 heavy (non-hydrogen) atoms. The Morgan fingerprint density at radius 1 is 1.21 bits per heavy atom. The molecule has 0 aliphatic rings. The van der Waals surface area contributed by atoms with Crippen LogP contribution in [0.2, 0.25) is 0 Å². The third-order valence-electron chi connectivity index (χ3n) is 2.90. The van der Waals surface area contributed by atoms with Gasteiger partial charge in [-0.1, -0.05) is 15.9 Å². The summed E-state index contributed by atoms with van der Waals surface area (Å²) in [5.41, 5.74) is 2.42. The van der Waals surface area contributed by atoms with Crippen molar-refractivity contribution in [3.05, 3.63) is 40.9 Å². The number of hydrogen-bond acceptors (Lipinski definition) is 3. The zero-order valence-corrected chi connectivity index (χ0v) is 11.7. The molecule has 0 unspecified atom stereocenters. The number of nitrogens with one attached hydrogen (secondary N) is 1. The minimum Gasteiger partial charge on any atom is -0.507 e. The molecule has 96 valence electrons. The molecule has 4 nitrogen and oxygen atoms in total. The molecular formula is C14H11BrN2O2. The molecule has 1 heterocycles. The molecule has 3 aromatic rings. The van der Waals surface area contributed by atoms with E-state index in [1.807, 2.05) is 18.2 Å². The van der Waals surface area contributed by atoms with Gasteiger partial charge >= 0.3 is 0 Å². The minimum absolute atomic E-state index is 0.137. The Bertz CT molecular complexity index is 752. The normalized spacial score (nSPS) is 10.8. The van der Waals surface area contributed by atoms with Crippen molar-refractivity contribution in [2.75, 3.05) is 7.11 Å². The van der Waals surface area contributed by atoms with Crippen LogP contribution in [-0.2, 0) is 0 Å². The van der Waals surface area contributed by atoms with Gasteiger partial charge in [-0.05, 0) is 30.3 Å². The summed E-state index contributed by atoms with van der Waals surface area (Å²) in [6, 6.07) is 10.9. The minimum atomic E-state index is 0.137. The number of rotatable bonds is 2. The van der Waals surface area contributed by atoms with Gasteiger partial charge in [0.05, 0.1) is 23.7 Å². The number of halogens is 1. The van der Waals surface area contributed by atoms with Crippen LogP contribution in [0.25, 0.3) is 22.4 Å². The van der Waals surface area contributed by atoms with Gasteiger partial charge in [-0.3, -0.25) is 0 Å². The van der Waals surface area contributed by atoms with Crippen molar-refractivity contribution in [3.63, 3.8) is 0 Å². The first-order chi connectivity index (χ1) is 9.17. The van der Waals surface area contributed by atoms with Crippen molar-refractivity contribution >= 4 is 27.0 Å². The molecule has 0 saturated heterocycles. The van der Waals surface area contributed by atoms with Crippen LogP contribution in [0.1, 0.15) is 0 Å². The smallest absolute Gasteiger partial charge is 0.142 e. The first kappa shape index (κ1) is 12.0. The van der Waals surface area contributed by atoms with Gasteiger partial charge in [0, 0.05) is 10.5 Å². The topological polar surface area (TPSA) is 58.1 Å². The Balaban J connectivity index is 2.13. The van der Waals surface area contributed by atoms with Gasteiger partial charge < -0.3 is 14.8 Å². The lowest BCUT2D eigenvalue weighted by atomic mass is 10.2. The molecule has 2 aromatic carbocycles. The highest BCUT2D eigenvalue weighted by atomic mass is 79.9. The second kappa shape index (κ2) is 4.59. The average Bonchev–Trinajstić information content (AvgIpc) is 2.81. The number of H-pyrrole nitrogens is 1. The van der Waals surface area contributed by atoms with Crippen LogP contribution in [0.4, 0.5) is 0 Å². The highest BCUT2D eigenvalue weighted by Crippen LogP contribution is 2.32. The van der Waals surface area contributed by atoms with E-state index >= 15 is 0 Å². The van der Waals surface area contributed by atoms with Gasteiger partial charge in [-0.25, -0.2) is 4.98 Å². The third-order valence-corrected chi connectivity index (χ3v) is 3.40. The molecule has 0 aliphatic heterocycles. The first-order valence-corrected chi connectivity index (χ1v) is 6.49. The number of fused-ring (bicyclic) bond motifs is 1. The van der Waals surface area contributed by atoms with Crippen LogP contribution in [0.5, 0.6) is 11.5 Å². The number of phenolic OH excluding ortho intramolecular Hbond substituents is 1. The van der Waals surface area contributed by atoms with Gasteiger partial charge in [0.1, 0.15) is 17.3 Å². The van der Waals surface area contributed by atoms with E-state index in [1.165, 1.54) is 0 Å². The van der Waals surface area contributed by atoms with Crippen molar-refractivity contribution in [1.29, 1.82) is 0 Å². The van der Waals surface area contributed by atoms with Crippen LogP contribution in [0.3, 0.4) is 0 Å². The number of nitrogens with zero attached hydrogens (tertiary/aromatic N) is 1. The Labute approximate surface area is 118 Å². The van der Waals surface area contributed by atoms with E-state index < -0.39 is 0 Å². The first-order valence-electron chi connectivity index (χ1n) is 5.70. The molecule has 5 heteroatoms.